The van der Waals surface area contributed by atoms with E-state index in [-0.39, 0.29) is 37.1 Å². The molecule has 1 N–H and O–H groups in total. The van der Waals surface area contributed by atoms with Crippen molar-refractivity contribution in [3.8, 4) is 0 Å². The van der Waals surface area contributed by atoms with Gasteiger partial charge < -0.3 is 0 Å². The van der Waals surface area contributed by atoms with Gasteiger partial charge in [-0.25, -0.2) is 0 Å². The van der Waals surface area contributed by atoms with Gasteiger partial charge in [0.2, 0.25) is 11.8 Å². The van der Waals surface area contributed by atoms with Crippen LogP contribution in [0.2, 0.25) is 0 Å². The van der Waals surface area contributed by atoms with Crippen molar-refractivity contribution in [1.29, 1.82) is 0 Å². The van der Waals surface area contributed by atoms with Gasteiger partial charge in [0.15, 0.2) is 0 Å². The third kappa shape index (κ3) is 4.08. The molecule has 1 aliphatic heterocycles. The summed E-state index contributed by atoms with van der Waals surface area (Å²) in [6.45, 7) is -0.186. The number of hydrogen-bond acceptors (Lipinski definition) is 4. The lowest BCUT2D eigenvalue weighted by atomic mass is 10.3. The molecule has 1 heterocycles. The minimum atomic E-state index is -4.32. The molecule has 0 spiro atoms. The van der Waals surface area contributed by atoms with Crippen molar-refractivity contribution in [2.24, 2.45) is 0 Å². The Balaban J connectivity index is 2.36. The lowest BCUT2D eigenvalue weighted by Crippen LogP contribution is -2.52. The van der Waals surface area contributed by atoms with E-state index in [1.165, 1.54) is 0 Å². The zero-order chi connectivity index (χ0) is 11.5. The van der Waals surface area contributed by atoms with Crippen molar-refractivity contribution >= 4 is 23.6 Å². The van der Waals surface area contributed by atoms with E-state index in [2.05, 4.69) is 5.32 Å². The standard InChI is InChI=1S/C7H9F3N2O2S/c8-7(9,10)15-2-1-12-5(13)3-11-4-6(12)14/h11H,1-4H2. The van der Waals surface area contributed by atoms with E-state index in [0.29, 0.717) is 0 Å². The lowest BCUT2D eigenvalue weighted by molar-refractivity contribution is -0.146. The molecule has 0 radical (unpaired) electrons. The highest BCUT2D eigenvalue weighted by Crippen LogP contribution is 2.29. The van der Waals surface area contributed by atoms with Gasteiger partial charge in [-0.05, 0) is 11.8 Å². The van der Waals surface area contributed by atoms with Crippen LogP contribution in [0.3, 0.4) is 0 Å². The van der Waals surface area contributed by atoms with Gasteiger partial charge in [0.25, 0.3) is 0 Å². The number of thioether (sulfide) groups is 1. The molecule has 1 fully saturated rings. The third-order valence-corrected chi connectivity index (χ3v) is 2.45. The SMILES string of the molecule is O=C1CNCC(=O)N1CCSC(F)(F)F. The molecule has 4 nitrogen and oxygen atoms in total. The Bertz CT molecular complexity index is 253. The van der Waals surface area contributed by atoms with Crippen molar-refractivity contribution in [3.05, 3.63) is 0 Å². The molecule has 0 bridgehead atoms. The highest BCUT2D eigenvalue weighted by atomic mass is 32.2. The molecule has 15 heavy (non-hydrogen) atoms. The van der Waals surface area contributed by atoms with Gasteiger partial charge >= 0.3 is 5.51 Å². The number of imide groups is 1. The van der Waals surface area contributed by atoms with Crippen molar-refractivity contribution in [1.82, 2.24) is 10.2 Å². The predicted molar refractivity (Wildman–Crippen MR) is 48.1 cm³/mol. The molecule has 0 aliphatic carbocycles. The minimum Gasteiger partial charge on any atom is -0.300 e. The number of nitrogens with one attached hydrogen (secondary N) is 1. The second-order valence-electron chi connectivity index (χ2n) is 2.84. The van der Waals surface area contributed by atoms with Crippen LogP contribution in [0.4, 0.5) is 13.2 Å². The normalized spacial score (nSPS) is 18.5. The van der Waals surface area contributed by atoms with Crippen LogP contribution in [0.15, 0.2) is 0 Å². The summed E-state index contributed by atoms with van der Waals surface area (Å²) >= 11 is -0.235. The predicted octanol–water partition coefficient (Wildman–Crippen LogP) is 0.198. The van der Waals surface area contributed by atoms with Crippen molar-refractivity contribution in [3.63, 3.8) is 0 Å². The van der Waals surface area contributed by atoms with Crippen LogP contribution in [0, 0.1) is 0 Å². The molecule has 8 heteroatoms. The maximum Gasteiger partial charge on any atom is 0.441 e. The first-order chi connectivity index (χ1) is 6.90. The summed E-state index contributed by atoms with van der Waals surface area (Å²) in [6.07, 6.45) is 0. The van der Waals surface area contributed by atoms with Crippen LogP contribution in [-0.4, -0.2) is 47.6 Å². The van der Waals surface area contributed by atoms with Gasteiger partial charge in [-0.1, -0.05) is 0 Å². The molecule has 1 rings (SSSR count). The molecule has 0 aromatic heterocycles. The number of rotatable bonds is 3. The fourth-order valence-electron chi connectivity index (χ4n) is 1.11. The summed E-state index contributed by atoms with van der Waals surface area (Å²) in [5.41, 5.74) is -4.32. The monoisotopic (exact) mass is 242 g/mol. The van der Waals surface area contributed by atoms with Crippen molar-refractivity contribution < 1.29 is 22.8 Å². The van der Waals surface area contributed by atoms with E-state index < -0.39 is 17.3 Å². The number of nitrogens with zero attached hydrogens (tertiary/aromatic N) is 1. The molecular formula is C7H9F3N2O2S. The minimum absolute atomic E-state index is 0.00241. The number of piperazine rings is 1. The zero-order valence-corrected chi connectivity index (χ0v) is 8.45. The van der Waals surface area contributed by atoms with E-state index in [0.717, 1.165) is 4.90 Å². The van der Waals surface area contributed by atoms with Crippen LogP contribution < -0.4 is 5.32 Å². The highest BCUT2D eigenvalue weighted by molar-refractivity contribution is 8.00. The van der Waals surface area contributed by atoms with E-state index in [4.69, 9.17) is 0 Å². The highest BCUT2D eigenvalue weighted by Gasteiger charge is 2.30. The van der Waals surface area contributed by atoms with Gasteiger partial charge in [-0.3, -0.25) is 19.8 Å². The van der Waals surface area contributed by atoms with Gasteiger partial charge in [0, 0.05) is 12.3 Å². The van der Waals surface area contributed by atoms with Crippen molar-refractivity contribution in [2.75, 3.05) is 25.4 Å². The zero-order valence-electron chi connectivity index (χ0n) is 7.63. The fraction of sp³-hybridized carbons (Fsp3) is 0.714. The third-order valence-electron chi connectivity index (χ3n) is 1.74. The molecule has 0 saturated carbocycles. The smallest absolute Gasteiger partial charge is 0.300 e. The van der Waals surface area contributed by atoms with E-state index in [1.807, 2.05) is 0 Å². The quantitative estimate of drug-likeness (QED) is 0.718. The maximum atomic E-state index is 11.8. The second kappa shape index (κ2) is 4.84. The molecule has 0 atom stereocenters. The summed E-state index contributed by atoms with van der Waals surface area (Å²) in [4.78, 5) is 23.1. The number of carbonyl (C=O) groups excluding carboxylic acids is 2. The number of alkyl halides is 3. The summed E-state index contributed by atoms with van der Waals surface area (Å²) in [5, 5.41) is 2.55. The number of halogens is 3. The number of carbonyl (C=O) groups is 2. The second-order valence-corrected chi connectivity index (χ2v) is 4.00. The molecule has 0 unspecified atom stereocenters. The Morgan fingerprint density at radius 3 is 2.27 bits per heavy atom. The van der Waals surface area contributed by atoms with Gasteiger partial charge in [0.05, 0.1) is 13.1 Å². The van der Waals surface area contributed by atoms with Crippen LogP contribution in [0.1, 0.15) is 0 Å². The molecule has 0 aromatic rings. The first-order valence-corrected chi connectivity index (χ1v) is 5.13. The fourth-order valence-corrected chi connectivity index (χ4v) is 1.61. The van der Waals surface area contributed by atoms with Gasteiger partial charge in [-0.15, -0.1) is 0 Å². The first-order valence-electron chi connectivity index (χ1n) is 4.15. The average Bonchev–Trinajstić information content (AvgIpc) is 2.08. The summed E-state index contributed by atoms with van der Waals surface area (Å²) in [5.74, 6) is -1.27. The first kappa shape index (κ1) is 12.3. The van der Waals surface area contributed by atoms with Crippen molar-refractivity contribution in [2.45, 2.75) is 5.51 Å². The van der Waals surface area contributed by atoms with Crippen LogP contribution in [-0.2, 0) is 9.59 Å². The van der Waals surface area contributed by atoms with Crippen LogP contribution in [0.5, 0.6) is 0 Å². The van der Waals surface area contributed by atoms with E-state index in [9.17, 15) is 22.8 Å². The molecule has 1 saturated heterocycles. The van der Waals surface area contributed by atoms with Gasteiger partial charge in [0.1, 0.15) is 0 Å². The Morgan fingerprint density at radius 1 is 1.27 bits per heavy atom. The summed E-state index contributed by atoms with van der Waals surface area (Å²) < 4.78 is 35.3. The summed E-state index contributed by atoms with van der Waals surface area (Å²) in [7, 11) is 0. The molecule has 0 aromatic carbocycles. The van der Waals surface area contributed by atoms with Crippen LogP contribution in [0.25, 0.3) is 0 Å². The van der Waals surface area contributed by atoms with E-state index >= 15 is 0 Å². The number of hydrogen-bond donors (Lipinski definition) is 1. The van der Waals surface area contributed by atoms with E-state index in [1.54, 1.807) is 0 Å². The lowest BCUT2D eigenvalue weighted by Gasteiger charge is -2.25. The molecule has 86 valence electrons. The molecular weight excluding hydrogens is 233 g/mol. The average molecular weight is 242 g/mol. The van der Waals surface area contributed by atoms with Crippen LogP contribution >= 0.6 is 11.8 Å². The number of amides is 2. The topological polar surface area (TPSA) is 49.4 Å². The Hall–Kier alpha value is -0.760. The van der Waals surface area contributed by atoms with Gasteiger partial charge in [-0.2, -0.15) is 13.2 Å². The Labute approximate surface area is 88.2 Å². The summed E-state index contributed by atoms with van der Waals surface area (Å²) in [6, 6.07) is 0. The Kier molecular flexibility index (Phi) is 3.97. The largest absolute Gasteiger partial charge is 0.441 e. The molecule has 1 aliphatic rings. The molecule has 2 amide bonds. The Morgan fingerprint density at radius 2 is 1.80 bits per heavy atom. The maximum absolute atomic E-state index is 11.8.